The lowest BCUT2D eigenvalue weighted by atomic mass is 9.75. The molecule has 0 bridgehead atoms. The molecule has 0 aromatic carbocycles. The lowest BCUT2D eigenvalue weighted by Crippen LogP contribution is -2.41. The molecule has 0 N–H and O–H groups in total. The number of rotatable bonds is 1. The number of alkyl halides is 1. The monoisotopic (exact) mass is 273 g/mol. The second kappa shape index (κ2) is 4.08. The molecule has 1 amide bonds. The van der Waals surface area contributed by atoms with E-state index in [1.54, 1.807) is 0 Å². The average molecular weight is 274 g/mol. The van der Waals surface area contributed by atoms with Gasteiger partial charge in [0, 0.05) is 12.6 Å². The third-order valence-corrected chi connectivity index (χ3v) is 4.77. The zero-order valence-corrected chi connectivity index (χ0v) is 11.2. The Labute approximate surface area is 101 Å². The van der Waals surface area contributed by atoms with Gasteiger partial charge in [0.15, 0.2) is 0 Å². The molecule has 2 nitrogen and oxygen atoms in total. The second-order valence-electron chi connectivity index (χ2n) is 5.68. The molecule has 86 valence electrons. The number of nitrogens with zero attached hydrogens (tertiary/aromatic N) is 1. The van der Waals surface area contributed by atoms with E-state index < -0.39 is 0 Å². The number of hydrogen-bond donors (Lipinski definition) is 0. The van der Waals surface area contributed by atoms with E-state index in [0.29, 0.717) is 17.4 Å². The molecule has 0 spiro atoms. The second-order valence-corrected chi connectivity index (χ2v) is 6.79. The Morgan fingerprint density at radius 1 is 1.27 bits per heavy atom. The van der Waals surface area contributed by atoms with Gasteiger partial charge in [-0.3, -0.25) is 4.79 Å². The summed E-state index contributed by atoms with van der Waals surface area (Å²) in [5.41, 5.74) is 0.493. The Kier molecular flexibility index (Phi) is 3.11. The Morgan fingerprint density at radius 3 is 2.33 bits per heavy atom. The summed E-state index contributed by atoms with van der Waals surface area (Å²) in [4.78, 5) is 14.0. The summed E-state index contributed by atoms with van der Waals surface area (Å²) in [5.74, 6) is 0.319. The molecule has 1 saturated heterocycles. The molecule has 3 heteroatoms. The molecule has 0 aromatic rings. The maximum Gasteiger partial charge on any atom is 0.236 e. The summed E-state index contributed by atoms with van der Waals surface area (Å²) < 4.78 is 0. The van der Waals surface area contributed by atoms with Crippen LogP contribution in [-0.2, 0) is 4.79 Å². The van der Waals surface area contributed by atoms with E-state index in [9.17, 15) is 4.79 Å². The van der Waals surface area contributed by atoms with Crippen LogP contribution in [0.3, 0.4) is 0 Å². The van der Waals surface area contributed by atoms with E-state index in [-0.39, 0.29) is 4.83 Å². The first kappa shape index (κ1) is 11.4. The first-order chi connectivity index (χ1) is 6.99. The number of halogens is 1. The summed E-state index contributed by atoms with van der Waals surface area (Å²) in [7, 11) is 0. The number of amides is 1. The molecule has 1 heterocycles. The summed E-state index contributed by atoms with van der Waals surface area (Å²) >= 11 is 3.44. The Hall–Kier alpha value is -0.0500. The minimum absolute atomic E-state index is 0.0902. The Balaban J connectivity index is 1.94. The molecular weight excluding hydrogens is 254 g/mol. The van der Waals surface area contributed by atoms with Crippen molar-refractivity contribution in [3.63, 3.8) is 0 Å². The first-order valence-corrected chi connectivity index (χ1v) is 6.86. The van der Waals surface area contributed by atoms with Crippen molar-refractivity contribution in [3.8, 4) is 0 Å². The van der Waals surface area contributed by atoms with Crippen molar-refractivity contribution in [2.45, 2.75) is 56.8 Å². The van der Waals surface area contributed by atoms with Crippen LogP contribution in [0.5, 0.6) is 0 Å². The van der Waals surface area contributed by atoms with Crippen LogP contribution in [-0.4, -0.2) is 28.2 Å². The average Bonchev–Trinajstić information content (AvgIpc) is 2.49. The third-order valence-electron chi connectivity index (χ3n) is 3.92. The predicted octanol–water partition coefficient (Wildman–Crippen LogP) is 2.95. The largest absolute Gasteiger partial charge is 0.339 e. The molecule has 2 aliphatic rings. The molecule has 1 unspecified atom stereocenters. The van der Waals surface area contributed by atoms with Gasteiger partial charge in [0.25, 0.3) is 0 Å². The third kappa shape index (κ3) is 2.38. The van der Waals surface area contributed by atoms with Crippen molar-refractivity contribution < 1.29 is 4.79 Å². The molecule has 1 atom stereocenters. The molecule has 1 aliphatic carbocycles. The number of carbonyl (C=O) groups is 1. The molecule has 0 aromatic heterocycles. The summed E-state index contributed by atoms with van der Waals surface area (Å²) in [6, 6.07) is 0.521. The van der Waals surface area contributed by atoms with Crippen LogP contribution in [0.1, 0.15) is 46.0 Å². The molecule has 1 aliphatic heterocycles. The van der Waals surface area contributed by atoms with Crippen molar-refractivity contribution in [3.05, 3.63) is 0 Å². The van der Waals surface area contributed by atoms with Crippen LogP contribution in [0.15, 0.2) is 0 Å². The minimum Gasteiger partial charge on any atom is -0.339 e. The number of likely N-dealkylation sites (tertiary alicyclic amines) is 1. The van der Waals surface area contributed by atoms with Crippen LogP contribution in [0, 0.1) is 5.41 Å². The lowest BCUT2D eigenvalue weighted by molar-refractivity contribution is -0.130. The highest BCUT2D eigenvalue weighted by atomic mass is 79.9. The number of carbonyl (C=O) groups excluding carboxylic acids is 1. The van der Waals surface area contributed by atoms with E-state index in [4.69, 9.17) is 0 Å². The van der Waals surface area contributed by atoms with Crippen LogP contribution >= 0.6 is 15.9 Å². The van der Waals surface area contributed by atoms with Crippen LogP contribution < -0.4 is 0 Å². The van der Waals surface area contributed by atoms with Gasteiger partial charge in [-0.25, -0.2) is 0 Å². The van der Waals surface area contributed by atoms with Gasteiger partial charge in [-0.2, -0.15) is 0 Å². The number of hydrogen-bond acceptors (Lipinski definition) is 1. The van der Waals surface area contributed by atoms with Gasteiger partial charge in [-0.05, 0) is 37.5 Å². The van der Waals surface area contributed by atoms with Gasteiger partial charge < -0.3 is 4.90 Å². The van der Waals surface area contributed by atoms with Gasteiger partial charge in [-0.15, -0.1) is 0 Å². The Bertz CT molecular complexity index is 254. The fraction of sp³-hybridized carbons (Fsp3) is 0.917. The van der Waals surface area contributed by atoms with E-state index in [2.05, 4.69) is 34.7 Å². The van der Waals surface area contributed by atoms with Gasteiger partial charge in [0.1, 0.15) is 0 Å². The Morgan fingerprint density at radius 2 is 1.87 bits per heavy atom. The SMILES string of the molecule is CC1(C)CCC(N2CCC(Br)C2=O)CC1. The van der Waals surface area contributed by atoms with Gasteiger partial charge >= 0.3 is 0 Å². The fourth-order valence-corrected chi connectivity index (χ4v) is 3.19. The quantitative estimate of drug-likeness (QED) is 0.673. The van der Waals surface area contributed by atoms with Gasteiger partial charge in [0.05, 0.1) is 4.83 Å². The molecular formula is C12H20BrNO. The molecule has 0 radical (unpaired) electrons. The highest BCUT2D eigenvalue weighted by molar-refractivity contribution is 9.10. The van der Waals surface area contributed by atoms with Crippen molar-refractivity contribution in [2.24, 2.45) is 5.41 Å². The van der Waals surface area contributed by atoms with Crippen molar-refractivity contribution in [1.29, 1.82) is 0 Å². The summed E-state index contributed by atoms with van der Waals surface area (Å²) in [6.07, 6.45) is 5.89. The maximum absolute atomic E-state index is 11.8. The first-order valence-electron chi connectivity index (χ1n) is 5.94. The van der Waals surface area contributed by atoms with Crippen molar-refractivity contribution in [2.75, 3.05) is 6.54 Å². The predicted molar refractivity (Wildman–Crippen MR) is 65.1 cm³/mol. The molecule has 15 heavy (non-hydrogen) atoms. The van der Waals surface area contributed by atoms with Crippen LogP contribution in [0.4, 0.5) is 0 Å². The van der Waals surface area contributed by atoms with E-state index in [1.165, 1.54) is 25.7 Å². The highest BCUT2D eigenvalue weighted by Gasteiger charge is 2.37. The van der Waals surface area contributed by atoms with Crippen molar-refractivity contribution >= 4 is 21.8 Å². The van der Waals surface area contributed by atoms with E-state index in [0.717, 1.165) is 13.0 Å². The standard InChI is InChI=1S/C12H20BrNO/c1-12(2)6-3-9(4-7-12)14-8-5-10(13)11(14)15/h9-10H,3-8H2,1-2H3. The summed E-state index contributed by atoms with van der Waals surface area (Å²) in [5, 5.41) is 0. The van der Waals surface area contributed by atoms with Crippen molar-refractivity contribution in [1.82, 2.24) is 4.90 Å². The topological polar surface area (TPSA) is 20.3 Å². The lowest BCUT2D eigenvalue weighted by Gasteiger charge is -2.38. The molecule has 1 saturated carbocycles. The van der Waals surface area contributed by atoms with Gasteiger partial charge in [-0.1, -0.05) is 29.8 Å². The van der Waals surface area contributed by atoms with Crippen LogP contribution in [0.2, 0.25) is 0 Å². The fourth-order valence-electron chi connectivity index (χ4n) is 2.72. The van der Waals surface area contributed by atoms with E-state index in [1.807, 2.05) is 0 Å². The zero-order valence-electron chi connectivity index (χ0n) is 9.63. The highest BCUT2D eigenvalue weighted by Crippen LogP contribution is 2.38. The minimum atomic E-state index is 0.0902. The molecule has 2 fully saturated rings. The van der Waals surface area contributed by atoms with E-state index >= 15 is 0 Å². The zero-order chi connectivity index (χ0) is 11.1. The smallest absolute Gasteiger partial charge is 0.236 e. The summed E-state index contributed by atoms with van der Waals surface area (Å²) in [6.45, 7) is 5.63. The maximum atomic E-state index is 11.8. The van der Waals surface area contributed by atoms with Crippen LogP contribution in [0.25, 0.3) is 0 Å². The normalized spacial score (nSPS) is 32.3. The molecule has 2 rings (SSSR count). The van der Waals surface area contributed by atoms with Gasteiger partial charge in [0.2, 0.25) is 5.91 Å².